The second kappa shape index (κ2) is 5.53. The first-order chi connectivity index (χ1) is 8.63. The maximum Gasteiger partial charge on any atom is 0.241 e. The van der Waals surface area contributed by atoms with Crippen LogP contribution in [0.2, 0.25) is 0 Å². The zero-order valence-electron chi connectivity index (χ0n) is 11.4. The monoisotopic (exact) mass is 246 g/mol. The van der Waals surface area contributed by atoms with Gasteiger partial charge in [0.25, 0.3) is 0 Å². The van der Waals surface area contributed by atoms with Crippen LogP contribution < -0.4 is 5.32 Å². The number of carbonyl (C=O) groups excluding carboxylic acids is 1. The summed E-state index contributed by atoms with van der Waals surface area (Å²) in [5, 5.41) is 3.47. The maximum absolute atomic E-state index is 12.3. The van der Waals surface area contributed by atoms with Crippen molar-refractivity contribution >= 4 is 5.91 Å². The molecule has 0 radical (unpaired) electrons. The van der Waals surface area contributed by atoms with Crippen LogP contribution in [-0.2, 0) is 4.79 Å². The highest BCUT2D eigenvalue weighted by atomic mass is 16.2. The number of amides is 1. The van der Waals surface area contributed by atoms with Gasteiger partial charge in [-0.1, -0.05) is 44.2 Å². The van der Waals surface area contributed by atoms with E-state index in [1.807, 2.05) is 30.0 Å². The predicted octanol–water partition coefficient (Wildman–Crippen LogP) is 2.55. The zero-order valence-corrected chi connectivity index (χ0v) is 11.4. The van der Waals surface area contributed by atoms with Crippen LogP contribution in [0.4, 0.5) is 0 Å². The van der Waals surface area contributed by atoms with Gasteiger partial charge in [0, 0.05) is 6.54 Å². The minimum Gasteiger partial charge on any atom is -0.322 e. The van der Waals surface area contributed by atoms with Crippen LogP contribution in [0.1, 0.15) is 38.9 Å². The molecule has 2 rings (SSSR count). The van der Waals surface area contributed by atoms with Gasteiger partial charge >= 0.3 is 0 Å². The summed E-state index contributed by atoms with van der Waals surface area (Å²) in [6.07, 6.45) is 0.936. The van der Waals surface area contributed by atoms with E-state index in [0.29, 0.717) is 5.92 Å². The highest BCUT2D eigenvalue weighted by Gasteiger charge is 2.38. The number of carbonyl (C=O) groups is 1. The summed E-state index contributed by atoms with van der Waals surface area (Å²) in [4.78, 5) is 14.3. The van der Waals surface area contributed by atoms with Gasteiger partial charge in [0.15, 0.2) is 0 Å². The molecule has 1 N–H and O–H groups in total. The van der Waals surface area contributed by atoms with E-state index in [2.05, 4.69) is 31.3 Å². The van der Waals surface area contributed by atoms with Crippen LogP contribution in [0.25, 0.3) is 0 Å². The molecule has 3 nitrogen and oxygen atoms in total. The van der Waals surface area contributed by atoms with Crippen molar-refractivity contribution in [3.8, 4) is 0 Å². The van der Waals surface area contributed by atoms with Crippen molar-refractivity contribution in [1.82, 2.24) is 10.2 Å². The minimum absolute atomic E-state index is 0.0323. The SMILES string of the molecule is CCN1C(=O)C(CC(C)C)NC1c1ccccc1. The summed E-state index contributed by atoms with van der Waals surface area (Å²) in [5.41, 5.74) is 1.17. The molecule has 1 aromatic carbocycles. The van der Waals surface area contributed by atoms with Crippen molar-refractivity contribution in [1.29, 1.82) is 0 Å². The van der Waals surface area contributed by atoms with Gasteiger partial charge < -0.3 is 4.90 Å². The molecule has 1 saturated heterocycles. The van der Waals surface area contributed by atoms with Gasteiger partial charge in [-0.2, -0.15) is 0 Å². The molecule has 1 aliphatic heterocycles. The summed E-state index contributed by atoms with van der Waals surface area (Å²) >= 11 is 0. The number of hydrogen-bond donors (Lipinski definition) is 1. The quantitative estimate of drug-likeness (QED) is 0.885. The van der Waals surface area contributed by atoms with Crippen LogP contribution >= 0.6 is 0 Å². The highest BCUT2D eigenvalue weighted by molar-refractivity contribution is 5.84. The standard InChI is InChI=1S/C15H22N2O/c1-4-17-14(12-8-6-5-7-9-12)16-13(15(17)18)10-11(2)3/h5-9,11,13-14,16H,4,10H2,1-3H3. The molecule has 1 heterocycles. The van der Waals surface area contributed by atoms with Crippen molar-refractivity contribution < 1.29 is 4.79 Å². The second-order valence-corrected chi connectivity index (χ2v) is 5.29. The van der Waals surface area contributed by atoms with Crippen LogP contribution in [-0.4, -0.2) is 23.4 Å². The third kappa shape index (κ3) is 2.56. The molecule has 1 aliphatic rings. The van der Waals surface area contributed by atoms with E-state index < -0.39 is 0 Å². The second-order valence-electron chi connectivity index (χ2n) is 5.29. The third-order valence-corrected chi connectivity index (χ3v) is 3.42. The Labute approximate surface area is 109 Å². The molecule has 0 spiro atoms. The van der Waals surface area contributed by atoms with Gasteiger partial charge in [-0.3, -0.25) is 10.1 Å². The number of hydrogen-bond acceptors (Lipinski definition) is 2. The Morgan fingerprint density at radius 2 is 1.94 bits per heavy atom. The first-order valence-corrected chi connectivity index (χ1v) is 6.75. The smallest absolute Gasteiger partial charge is 0.241 e. The Morgan fingerprint density at radius 3 is 2.50 bits per heavy atom. The summed E-state index contributed by atoms with van der Waals surface area (Å²) in [7, 11) is 0. The third-order valence-electron chi connectivity index (χ3n) is 3.42. The van der Waals surface area contributed by atoms with Gasteiger partial charge in [0.05, 0.1) is 6.04 Å². The fourth-order valence-electron chi connectivity index (χ4n) is 2.57. The van der Waals surface area contributed by atoms with Crippen LogP contribution in [0.5, 0.6) is 0 Å². The first kappa shape index (κ1) is 13.1. The molecule has 18 heavy (non-hydrogen) atoms. The highest BCUT2D eigenvalue weighted by Crippen LogP contribution is 2.27. The number of nitrogens with one attached hydrogen (secondary N) is 1. The van der Waals surface area contributed by atoms with E-state index in [-0.39, 0.29) is 18.1 Å². The van der Waals surface area contributed by atoms with E-state index in [1.165, 1.54) is 5.56 Å². The van der Waals surface area contributed by atoms with Crippen molar-refractivity contribution in [2.75, 3.05) is 6.54 Å². The van der Waals surface area contributed by atoms with E-state index in [4.69, 9.17) is 0 Å². The van der Waals surface area contributed by atoms with Gasteiger partial charge in [-0.05, 0) is 24.8 Å². The largest absolute Gasteiger partial charge is 0.322 e. The van der Waals surface area contributed by atoms with Crippen molar-refractivity contribution in [3.63, 3.8) is 0 Å². The average molecular weight is 246 g/mol. The fraction of sp³-hybridized carbons (Fsp3) is 0.533. The molecule has 2 unspecified atom stereocenters. The van der Waals surface area contributed by atoms with Crippen LogP contribution in [0.3, 0.4) is 0 Å². The zero-order chi connectivity index (χ0) is 13.1. The summed E-state index contributed by atoms with van der Waals surface area (Å²) < 4.78 is 0. The van der Waals surface area contributed by atoms with Gasteiger partial charge in [-0.25, -0.2) is 0 Å². The van der Waals surface area contributed by atoms with E-state index in [1.54, 1.807) is 0 Å². The lowest BCUT2D eigenvalue weighted by Gasteiger charge is -2.22. The molecule has 0 aliphatic carbocycles. The summed E-state index contributed by atoms with van der Waals surface area (Å²) in [6, 6.07) is 10.2. The lowest BCUT2D eigenvalue weighted by Crippen LogP contribution is -2.31. The Kier molecular flexibility index (Phi) is 4.02. The normalized spacial score (nSPS) is 24.0. The van der Waals surface area contributed by atoms with Crippen molar-refractivity contribution in [3.05, 3.63) is 35.9 Å². The number of benzene rings is 1. The van der Waals surface area contributed by atoms with Crippen molar-refractivity contribution in [2.45, 2.75) is 39.4 Å². The van der Waals surface area contributed by atoms with Crippen molar-refractivity contribution in [2.24, 2.45) is 5.92 Å². The Balaban J connectivity index is 2.19. The first-order valence-electron chi connectivity index (χ1n) is 6.75. The number of likely N-dealkylation sites (N-methyl/N-ethyl adjacent to an activating group) is 1. The molecule has 0 bridgehead atoms. The van der Waals surface area contributed by atoms with Crippen LogP contribution in [0.15, 0.2) is 30.3 Å². The topological polar surface area (TPSA) is 32.3 Å². The Morgan fingerprint density at radius 1 is 1.28 bits per heavy atom. The molecule has 1 fully saturated rings. The molecule has 0 saturated carbocycles. The summed E-state index contributed by atoms with van der Waals surface area (Å²) in [5.74, 6) is 0.764. The lowest BCUT2D eigenvalue weighted by molar-refractivity contribution is -0.130. The molecule has 3 heteroatoms. The molecule has 1 aromatic rings. The predicted molar refractivity (Wildman–Crippen MR) is 72.9 cm³/mol. The fourth-order valence-corrected chi connectivity index (χ4v) is 2.57. The molecular weight excluding hydrogens is 224 g/mol. The minimum atomic E-state index is -0.0323. The number of nitrogens with zero attached hydrogens (tertiary/aromatic N) is 1. The van der Waals surface area contributed by atoms with E-state index >= 15 is 0 Å². The van der Waals surface area contributed by atoms with Gasteiger partial charge in [-0.15, -0.1) is 0 Å². The number of rotatable bonds is 4. The van der Waals surface area contributed by atoms with E-state index in [0.717, 1.165) is 13.0 Å². The van der Waals surface area contributed by atoms with Gasteiger partial charge in [0.1, 0.15) is 6.17 Å². The Bertz CT molecular complexity index is 402. The molecule has 1 amide bonds. The average Bonchev–Trinajstić information content (AvgIpc) is 2.67. The molecular formula is C15H22N2O. The van der Waals surface area contributed by atoms with Gasteiger partial charge in [0.2, 0.25) is 5.91 Å². The lowest BCUT2D eigenvalue weighted by atomic mass is 10.0. The molecule has 98 valence electrons. The van der Waals surface area contributed by atoms with E-state index in [9.17, 15) is 4.79 Å². The maximum atomic E-state index is 12.3. The summed E-state index contributed by atoms with van der Waals surface area (Å²) in [6.45, 7) is 7.09. The molecule has 0 aromatic heterocycles. The molecule has 2 atom stereocenters. The van der Waals surface area contributed by atoms with Crippen LogP contribution in [0, 0.1) is 5.92 Å². The Hall–Kier alpha value is -1.35.